The summed E-state index contributed by atoms with van der Waals surface area (Å²) in [6.07, 6.45) is 4.37. The van der Waals surface area contributed by atoms with E-state index in [2.05, 4.69) is 11.8 Å². The molecule has 1 aromatic carbocycles. The van der Waals surface area contributed by atoms with Gasteiger partial charge in [0.1, 0.15) is 11.5 Å². The number of halogens is 2. The fraction of sp³-hybridized carbons (Fsp3) is 0.438. The van der Waals surface area contributed by atoms with Gasteiger partial charge in [0.25, 0.3) is 0 Å². The second-order valence-electron chi connectivity index (χ2n) is 4.47. The minimum atomic E-state index is -0.399. The molecule has 1 aromatic rings. The molecule has 0 aromatic heterocycles. The molecule has 21 heavy (non-hydrogen) atoms. The van der Waals surface area contributed by atoms with Crippen LogP contribution in [0.4, 0.5) is 4.39 Å². The van der Waals surface area contributed by atoms with E-state index in [4.69, 9.17) is 11.6 Å². The molecule has 0 saturated carbocycles. The van der Waals surface area contributed by atoms with Gasteiger partial charge in [0.2, 0.25) is 0 Å². The summed E-state index contributed by atoms with van der Waals surface area (Å²) >= 11 is 5.88. The van der Waals surface area contributed by atoms with Crippen LogP contribution in [-0.2, 0) is 11.2 Å². The number of unbranched alkanes of at least 4 members (excludes halogenated alkanes) is 2. The number of aryl methyl sites for hydroxylation is 1. The second kappa shape index (κ2) is 13.0. The Bertz CT molecular complexity index is 439. The molecular formula is C16H22ClFKO2-. The number of ketones is 1. The van der Waals surface area contributed by atoms with E-state index in [-0.39, 0.29) is 70.3 Å². The van der Waals surface area contributed by atoms with E-state index < -0.39 is 5.82 Å². The second-order valence-corrected chi connectivity index (χ2v) is 4.91. The Morgan fingerprint density at radius 2 is 2.00 bits per heavy atom. The quantitative estimate of drug-likeness (QED) is 0.412. The summed E-state index contributed by atoms with van der Waals surface area (Å²) in [7, 11) is 3.20. The number of Topliss-reactive ketones (excluding diaryl/α,β-unsaturated/α-hetero) is 1. The first-order valence-corrected chi connectivity index (χ1v) is 6.88. The minimum absolute atomic E-state index is 0. The van der Waals surface area contributed by atoms with Crippen molar-refractivity contribution in [3.8, 4) is 5.75 Å². The number of benzene rings is 1. The van der Waals surface area contributed by atoms with E-state index in [1.54, 1.807) is 6.07 Å². The fourth-order valence-corrected chi connectivity index (χ4v) is 2.13. The SMILES string of the molecule is [CH2-]Oc1cc(Cl)cc(CCCCCC(=O)CC)c1F.[CH3-].[K+]. The molecule has 0 atom stereocenters. The number of hydrogen-bond acceptors (Lipinski definition) is 2. The molecule has 1 rings (SSSR count). The first kappa shape index (κ1) is 23.8. The monoisotopic (exact) mass is 339 g/mol. The maximum atomic E-state index is 13.9. The van der Waals surface area contributed by atoms with Crippen molar-refractivity contribution in [3.05, 3.63) is 43.1 Å². The zero-order chi connectivity index (χ0) is 14.3. The van der Waals surface area contributed by atoms with Crippen molar-refractivity contribution < 1.29 is 65.3 Å². The van der Waals surface area contributed by atoms with Crippen LogP contribution in [0.2, 0.25) is 5.02 Å². The summed E-state index contributed by atoms with van der Waals surface area (Å²) in [6, 6.07) is 3.02. The molecule has 0 N–H and O–H groups in total. The standard InChI is InChI=1S/C15H19ClFO2.CH3.K/c1-3-13(18)8-6-4-5-7-11-9-12(16)10-14(19-2)15(11)17;;/h9-10H,2-8H2,1H3;1H3;/q2*-1;+1. The first-order valence-electron chi connectivity index (χ1n) is 6.50. The third kappa shape index (κ3) is 8.67. The van der Waals surface area contributed by atoms with Gasteiger partial charge in [-0.1, -0.05) is 24.9 Å². The minimum Gasteiger partial charge on any atom is -0.663 e. The normalized spacial score (nSPS) is 9.52. The van der Waals surface area contributed by atoms with Crippen molar-refractivity contribution in [3.63, 3.8) is 0 Å². The Morgan fingerprint density at radius 3 is 2.57 bits per heavy atom. The molecule has 0 aliphatic carbocycles. The Kier molecular flexibility index (Phi) is 14.8. The van der Waals surface area contributed by atoms with Gasteiger partial charge in [-0.15, -0.1) is 0 Å². The molecule has 2 nitrogen and oxygen atoms in total. The van der Waals surface area contributed by atoms with Crippen LogP contribution in [-0.4, -0.2) is 5.78 Å². The van der Waals surface area contributed by atoms with Crippen molar-refractivity contribution >= 4 is 17.4 Å². The van der Waals surface area contributed by atoms with E-state index >= 15 is 0 Å². The molecule has 114 valence electrons. The van der Waals surface area contributed by atoms with Crippen LogP contribution in [0.15, 0.2) is 12.1 Å². The number of hydrogen-bond donors (Lipinski definition) is 0. The van der Waals surface area contributed by atoms with Crippen molar-refractivity contribution in [2.45, 2.75) is 45.4 Å². The molecule has 5 heteroatoms. The Balaban J connectivity index is 0. The van der Waals surface area contributed by atoms with E-state index in [9.17, 15) is 9.18 Å². The molecule has 0 fully saturated rings. The maximum absolute atomic E-state index is 13.9. The van der Waals surface area contributed by atoms with Crippen molar-refractivity contribution in [1.29, 1.82) is 0 Å². The molecule has 0 radical (unpaired) electrons. The van der Waals surface area contributed by atoms with Crippen LogP contribution in [0.1, 0.15) is 44.6 Å². The van der Waals surface area contributed by atoms with E-state index in [1.807, 2.05) is 6.92 Å². The molecule has 0 saturated heterocycles. The van der Waals surface area contributed by atoms with Crippen LogP contribution in [0.5, 0.6) is 5.75 Å². The number of carbonyl (C=O) groups excluding carboxylic acids is 1. The predicted molar refractivity (Wildman–Crippen MR) is 81.3 cm³/mol. The average molecular weight is 340 g/mol. The molecule has 0 amide bonds. The van der Waals surface area contributed by atoms with Crippen LogP contribution in [0.3, 0.4) is 0 Å². The van der Waals surface area contributed by atoms with Crippen molar-refractivity contribution in [1.82, 2.24) is 0 Å². The van der Waals surface area contributed by atoms with Gasteiger partial charge in [-0.05, 0) is 37.0 Å². The average Bonchev–Trinajstić information content (AvgIpc) is 2.41. The van der Waals surface area contributed by atoms with Crippen LogP contribution >= 0.6 is 11.6 Å². The summed E-state index contributed by atoms with van der Waals surface area (Å²) in [5, 5.41) is 0.441. The van der Waals surface area contributed by atoms with Crippen LogP contribution in [0.25, 0.3) is 0 Å². The molecule has 0 spiro atoms. The fourth-order valence-electron chi connectivity index (χ4n) is 1.90. The van der Waals surface area contributed by atoms with Gasteiger partial charge in [0.05, 0.1) is 0 Å². The van der Waals surface area contributed by atoms with E-state index in [1.165, 1.54) is 6.07 Å². The third-order valence-electron chi connectivity index (χ3n) is 3.03. The van der Waals surface area contributed by atoms with Crippen LogP contribution in [0, 0.1) is 20.4 Å². The Hall–Kier alpha value is 0.546. The number of ether oxygens (including phenoxy) is 1. The third-order valence-corrected chi connectivity index (χ3v) is 3.25. The summed E-state index contributed by atoms with van der Waals surface area (Å²) < 4.78 is 18.6. The van der Waals surface area contributed by atoms with E-state index in [0.29, 0.717) is 29.8 Å². The van der Waals surface area contributed by atoms with Gasteiger partial charge in [0.15, 0.2) is 5.82 Å². The van der Waals surface area contributed by atoms with E-state index in [0.717, 1.165) is 19.3 Å². The van der Waals surface area contributed by atoms with Crippen LogP contribution < -0.4 is 56.1 Å². The Labute approximate surface area is 175 Å². The molecular weight excluding hydrogens is 318 g/mol. The summed E-state index contributed by atoms with van der Waals surface area (Å²) in [5.41, 5.74) is 0.535. The molecule has 0 aliphatic heterocycles. The predicted octanol–water partition coefficient (Wildman–Crippen LogP) is 2.19. The Morgan fingerprint density at radius 1 is 1.33 bits per heavy atom. The van der Waals surface area contributed by atoms with Gasteiger partial charge in [-0.2, -0.15) is 7.11 Å². The largest absolute Gasteiger partial charge is 1.00 e. The van der Waals surface area contributed by atoms with Gasteiger partial charge in [-0.25, -0.2) is 4.39 Å². The number of carbonyl (C=O) groups is 1. The molecule has 0 unspecified atom stereocenters. The van der Waals surface area contributed by atoms with Gasteiger partial charge in [0, 0.05) is 17.9 Å². The van der Waals surface area contributed by atoms with Gasteiger partial charge in [-0.3, -0.25) is 4.79 Å². The zero-order valence-corrected chi connectivity index (χ0v) is 17.1. The van der Waals surface area contributed by atoms with Crippen molar-refractivity contribution in [2.75, 3.05) is 0 Å². The summed E-state index contributed by atoms with van der Waals surface area (Å²) in [4.78, 5) is 11.1. The molecule has 0 bridgehead atoms. The zero-order valence-electron chi connectivity index (χ0n) is 13.2. The summed E-state index contributed by atoms with van der Waals surface area (Å²) in [5.74, 6) is -0.0469. The number of rotatable bonds is 8. The molecule has 0 heterocycles. The molecule has 0 aliphatic rings. The smallest absolute Gasteiger partial charge is 0.663 e. The van der Waals surface area contributed by atoms with Gasteiger partial charge < -0.3 is 12.2 Å². The van der Waals surface area contributed by atoms with Gasteiger partial charge >= 0.3 is 51.4 Å². The summed E-state index contributed by atoms with van der Waals surface area (Å²) in [6.45, 7) is 1.87. The maximum Gasteiger partial charge on any atom is 1.00 e. The first-order chi connectivity index (χ1) is 9.08. The topological polar surface area (TPSA) is 26.3 Å². The van der Waals surface area contributed by atoms with Crippen molar-refractivity contribution in [2.24, 2.45) is 0 Å².